The molecule has 0 saturated carbocycles. The number of carbonyl (C=O) groups excluding carboxylic acids is 1. The maximum absolute atomic E-state index is 12.2. The van der Waals surface area contributed by atoms with Gasteiger partial charge in [0.05, 0.1) is 12.4 Å². The average molecular weight is 483 g/mol. The van der Waals surface area contributed by atoms with Crippen LogP contribution in [0.25, 0.3) is 0 Å². The van der Waals surface area contributed by atoms with Gasteiger partial charge in [-0.3, -0.25) is 4.79 Å². The van der Waals surface area contributed by atoms with Crippen LogP contribution >= 0.6 is 11.8 Å². The number of fused-ring (bicyclic) bond motifs is 1. The van der Waals surface area contributed by atoms with Crippen molar-refractivity contribution in [2.75, 3.05) is 12.4 Å². The Labute approximate surface area is 209 Å². The van der Waals surface area contributed by atoms with Gasteiger partial charge in [-0.15, -0.1) is 11.8 Å². The summed E-state index contributed by atoms with van der Waals surface area (Å²) in [6.07, 6.45) is 0. The van der Waals surface area contributed by atoms with E-state index in [1.165, 1.54) is 22.9 Å². The Kier molecular flexibility index (Phi) is 7.05. The number of aromatic hydroxyl groups is 1. The first-order valence-corrected chi connectivity index (χ1v) is 12.6. The van der Waals surface area contributed by atoms with Crippen molar-refractivity contribution in [1.82, 2.24) is 0 Å². The van der Waals surface area contributed by atoms with E-state index < -0.39 is 0 Å². The lowest BCUT2D eigenvalue weighted by atomic mass is 9.76. The summed E-state index contributed by atoms with van der Waals surface area (Å²) in [7, 11) is 0. The van der Waals surface area contributed by atoms with E-state index in [9.17, 15) is 9.90 Å². The largest absolute Gasteiger partial charge is 0.508 e. The number of phenolic OH excluding ortho intramolecular Hbond substituents is 1. The summed E-state index contributed by atoms with van der Waals surface area (Å²) in [6.45, 7) is 0.827. The fourth-order valence-electron chi connectivity index (χ4n) is 4.49. The van der Waals surface area contributed by atoms with Gasteiger partial charge in [0.15, 0.2) is 0 Å². The third-order valence-electron chi connectivity index (χ3n) is 6.22. The van der Waals surface area contributed by atoms with Gasteiger partial charge in [-0.25, -0.2) is 0 Å². The Morgan fingerprint density at radius 2 is 1.60 bits per heavy atom. The molecule has 0 saturated heterocycles. The van der Waals surface area contributed by atoms with Crippen molar-refractivity contribution < 1.29 is 19.4 Å². The summed E-state index contributed by atoms with van der Waals surface area (Å²) in [4.78, 5) is 13.2. The zero-order valence-corrected chi connectivity index (χ0v) is 20.0. The Hall–Kier alpha value is -3.70. The molecule has 4 aromatic rings. The average Bonchev–Trinajstić information content (AvgIpc) is 2.91. The molecule has 0 aliphatic carbocycles. The highest BCUT2D eigenvalue weighted by Crippen LogP contribution is 2.47. The van der Waals surface area contributed by atoms with Crippen molar-refractivity contribution in [2.24, 2.45) is 0 Å². The number of hydrogen-bond donors (Lipinski definition) is 1. The molecule has 35 heavy (non-hydrogen) atoms. The fraction of sp³-hybridized carbons (Fsp3) is 0.167. The quantitative estimate of drug-likeness (QED) is 0.240. The Balaban J connectivity index is 1.30. The van der Waals surface area contributed by atoms with E-state index in [2.05, 4.69) is 48.5 Å². The lowest BCUT2D eigenvalue weighted by Gasteiger charge is -2.34. The molecule has 4 nitrogen and oxygen atoms in total. The molecule has 0 aromatic heterocycles. The third kappa shape index (κ3) is 5.52. The number of carbonyl (C=O) groups is 1. The highest BCUT2D eigenvalue weighted by Gasteiger charge is 2.33. The van der Waals surface area contributed by atoms with E-state index in [-0.39, 0.29) is 29.3 Å². The number of ether oxygens (including phenoxy) is 2. The molecule has 1 aliphatic rings. The molecule has 1 aliphatic heterocycles. The van der Waals surface area contributed by atoms with E-state index in [4.69, 9.17) is 9.47 Å². The van der Waals surface area contributed by atoms with Gasteiger partial charge >= 0.3 is 5.97 Å². The second-order valence-corrected chi connectivity index (χ2v) is 9.58. The van der Waals surface area contributed by atoms with Crippen LogP contribution in [0.15, 0.2) is 108 Å². The summed E-state index contributed by atoms with van der Waals surface area (Å²) in [5, 5.41) is 9.95. The van der Waals surface area contributed by atoms with Gasteiger partial charge in [0.2, 0.25) is 0 Å². The van der Waals surface area contributed by atoms with Gasteiger partial charge in [0, 0.05) is 28.4 Å². The minimum Gasteiger partial charge on any atom is -0.508 e. The molecule has 1 N–H and O–H groups in total. The topological polar surface area (TPSA) is 55.8 Å². The molecular formula is C30H26O4S. The van der Waals surface area contributed by atoms with Crippen molar-refractivity contribution in [3.05, 3.63) is 125 Å². The number of thioether (sulfide) groups is 1. The Morgan fingerprint density at radius 3 is 2.34 bits per heavy atom. The summed E-state index contributed by atoms with van der Waals surface area (Å²) in [6, 6.07) is 33.8. The molecule has 0 spiro atoms. The molecule has 1 heterocycles. The van der Waals surface area contributed by atoms with E-state index in [0.717, 1.165) is 21.8 Å². The van der Waals surface area contributed by atoms with E-state index in [1.807, 2.05) is 42.5 Å². The van der Waals surface area contributed by atoms with Crippen LogP contribution in [0.3, 0.4) is 0 Å². The lowest BCUT2D eigenvalue weighted by molar-refractivity contribution is -0.141. The normalized spacial score (nSPS) is 16.7. The van der Waals surface area contributed by atoms with Gasteiger partial charge in [-0.1, -0.05) is 78.9 Å². The van der Waals surface area contributed by atoms with Crippen LogP contribution < -0.4 is 4.74 Å². The number of hydrogen-bond acceptors (Lipinski definition) is 5. The van der Waals surface area contributed by atoms with Crippen LogP contribution in [0.1, 0.15) is 34.1 Å². The number of phenols is 1. The molecule has 5 rings (SSSR count). The molecular weight excluding hydrogens is 456 g/mol. The van der Waals surface area contributed by atoms with E-state index >= 15 is 0 Å². The highest BCUT2D eigenvalue weighted by atomic mass is 32.2. The van der Waals surface area contributed by atoms with Crippen molar-refractivity contribution in [3.8, 4) is 11.5 Å². The van der Waals surface area contributed by atoms with Crippen LogP contribution in [0, 0.1) is 0 Å². The van der Waals surface area contributed by atoms with E-state index in [0.29, 0.717) is 13.2 Å². The molecule has 176 valence electrons. The van der Waals surface area contributed by atoms with Gasteiger partial charge in [-0.2, -0.15) is 0 Å². The van der Waals surface area contributed by atoms with Gasteiger partial charge in [0.1, 0.15) is 18.1 Å². The predicted octanol–water partition coefficient (Wildman–Crippen LogP) is 6.54. The molecule has 4 aromatic carbocycles. The summed E-state index contributed by atoms with van der Waals surface area (Å²) in [5.41, 5.74) is 4.43. The molecule has 0 fully saturated rings. The second-order valence-electron chi connectivity index (χ2n) is 8.53. The zero-order chi connectivity index (χ0) is 24.0. The predicted molar refractivity (Wildman–Crippen MR) is 138 cm³/mol. The Morgan fingerprint density at radius 1 is 0.886 bits per heavy atom. The van der Waals surface area contributed by atoms with Crippen molar-refractivity contribution in [2.45, 2.75) is 23.3 Å². The van der Waals surface area contributed by atoms with Gasteiger partial charge in [0.25, 0.3) is 0 Å². The fourth-order valence-corrected chi connectivity index (χ4v) is 5.19. The van der Waals surface area contributed by atoms with Gasteiger partial charge in [-0.05, 0) is 34.9 Å². The first-order chi connectivity index (χ1) is 17.2. The standard InChI is InChI=1S/C30H26O4S/c31-24-13-16-26-28(17-24)33-19-27(22-9-5-2-6-10-22)30(26)23-11-14-25(15-12-23)35-20-29(32)34-18-21-7-3-1-4-8-21/h1-17,27,30-31H,18-20H2. The molecule has 2 atom stereocenters. The molecule has 0 amide bonds. The van der Waals surface area contributed by atoms with Crippen LogP contribution in [0.4, 0.5) is 0 Å². The van der Waals surface area contributed by atoms with Crippen LogP contribution in [0.2, 0.25) is 0 Å². The minimum atomic E-state index is -0.231. The first-order valence-electron chi connectivity index (χ1n) is 11.6. The molecule has 0 bridgehead atoms. The zero-order valence-electron chi connectivity index (χ0n) is 19.2. The summed E-state index contributed by atoms with van der Waals surface area (Å²) >= 11 is 1.47. The SMILES string of the molecule is O=C(CSc1ccc(C2c3ccc(O)cc3OCC2c2ccccc2)cc1)OCc1ccccc1. The highest BCUT2D eigenvalue weighted by molar-refractivity contribution is 8.00. The second kappa shape index (κ2) is 10.7. The third-order valence-corrected chi connectivity index (χ3v) is 7.20. The molecule has 0 radical (unpaired) electrons. The number of benzene rings is 4. The van der Waals surface area contributed by atoms with Crippen molar-refractivity contribution >= 4 is 17.7 Å². The molecule has 5 heteroatoms. The minimum absolute atomic E-state index is 0.0941. The monoisotopic (exact) mass is 482 g/mol. The number of rotatable bonds is 7. The van der Waals surface area contributed by atoms with Crippen LogP contribution in [-0.2, 0) is 16.1 Å². The van der Waals surface area contributed by atoms with Crippen LogP contribution in [-0.4, -0.2) is 23.4 Å². The molecule has 2 unspecified atom stereocenters. The van der Waals surface area contributed by atoms with Crippen molar-refractivity contribution in [3.63, 3.8) is 0 Å². The van der Waals surface area contributed by atoms with Crippen LogP contribution in [0.5, 0.6) is 11.5 Å². The maximum atomic E-state index is 12.2. The maximum Gasteiger partial charge on any atom is 0.316 e. The summed E-state index contributed by atoms with van der Waals surface area (Å²) < 4.78 is 11.4. The first kappa shape index (κ1) is 23.1. The van der Waals surface area contributed by atoms with E-state index in [1.54, 1.807) is 12.1 Å². The smallest absolute Gasteiger partial charge is 0.316 e. The van der Waals surface area contributed by atoms with Crippen molar-refractivity contribution in [1.29, 1.82) is 0 Å². The van der Waals surface area contributed by atoms with Gasteiger partial charge < -0.3 is 14.6 Å². The summed E-state index contributed by atoms with van der Waals surface area (Å²) in [5.74, 6) is 1.20. The number of esters is 1. The Bertz CT molecular complexity index is 1270. The lowest BCUT2D eigenvalue weighted by Crippen LogP contribution is -2.25.